The normalized spacial score (nSPS) is 10.9. The van der Waals surface area contributed by atoms with Crippen LogP contribution in [0.4, 0.5) is 0 Å². The molecule has 2 heterocycles. The highest BCUT2D eigenvalue weighted by Crippen LogP contribution is 2.16. The third-order valence-electron chi connectivity index (χ3n) is 4.30. The Morgan fingerprint density at radius 1 is 1.15 bits per heavy atom. The number of aromatic nitrogens is 3. The smallest absolute Gasteiger partial charge is 0.275 e. The molecule has 0 aliphatic carbocycles. The Kier molecular flexibility index (Phi) is 5.93. The van der Waals surface area contributed by atoms with E-state index < -0.39 is 0 Å². The van der Waals surface area contributed by atoms with Crippen LogP contribution in [0.1, 0.15) is 23.1 Å². The van der Waals surface area contributed by atoms with Gasteiger partial charge in [-0.1, -0.05) is 24.3 Å². The van der Waals surface area contributed by atoms with Gasteiger partial charge in [0.15, 0.2) is 5.69 Å². The molecule has 0 aliphatic heterocycles. The Morgan fingerprint density at radius 3 is 2.56 bits per heavy atom. The molecule has 0 N–H and O–H groups in total. The molecule has 0 unspecified atom stereocenters. The number of nitrogens with zero attached hydrogens (tertiary/aromatic N) is 4. The van der Waals surface area contributed by atoms with E-state index in [2.05, 4.69) is 10.1 Å². The molecule has 0 fully saturated rings. The van der Waals surface area contributed by atoms with Crippen molar-refractivity contribution in [1.82, 2.24) is 19.7 Å². The van der Waals surface area contributed by atoms with Crippen molar-refractivity contribution in [2.45, 2.75) is 20.0 Å². The van der Waals surface area contributed by atoms with Crippen LogP contribution in [-0.2, 0) is 17.8 Å². The largest absolute Gasteiger partial charge is 0.383 e. The molecule has 0 aliphatic rings. The zero-order chi connectivity index (χ0) is 19.2. The van der Waals surface area contributed by atoms with Crippen LogP contribution in [-0.4, -0.2) is 45.8 Å². The standard InChI is InChI=1S/C20H22N4O3/c1-3-24-19(25)17-10-5-4-9-16(17)18(22-24)20(26)23(12-13-27-2)14-15-8-6-7-11-21-15/h4-11H,3,12-14H2,1-2H3. The van der Waals surface area contributed by atoms with Crippen LogP contribution in [0.15, 0.2) is 53.5 Å². The quantitative estimate of drug-likeness (QED) is 0.640. The fraction of sp³-hybridized carbons (Fsp3) is 0.300. The summed E-state index contributed by atoms with van der Waals surface area (Å²) < 4.78 is 6.48. The van der Waals surface area contributed by atoms with Gasteiger partial charge in [0.25, 0.3) is 11.5 Å². The predicted molar refractivity (Wildman–Crippen MR) is 103 cm³/mol. The van der Waals surface area contributed by atoms with E-state index in [0.29, 0.717) is 37.0 Å². The summed E-state index contributed by atoms with van der Waals surface area (Å²) in [5.74, 6) is -0.254. The minimum Gasteiger partial charge on any atom is -0.383 e. The molecule has 1 amide bonds. The fourth-order valence-electron chi connectivity index (χ4n) is 2.90. The van der Waals surface area contributed by atoms with E-state index in [1.54, 1.807) is 42.5 Å². The first-order chi connectivity index (χ1) is 13.2. The molecule has 2 aromatic heterocycles. The molecule has 0 spiro atoms. The lowest BCUT2D eigenvalue weighted by atomic mass is 10.1. The van der Waals surface area contributed by atoms with Crippen molar-refractivity contribution in [1.29, 1.82) is 0 Å². The summed E-state index contributed by atoms with van der Waals surface area (Å²) in [5, 5.41) is 5.39. The van der Waals surface area contributed by atoms with Crippen LogP contribution in [0.3, 0.4) is 0 Å². The van der Waals surface area contributed by atoms with Crippen LogP contribution < -0.4 is 5.56 Å². The van der Waals surface area contributed by atoms with Gasteiger partial charge in [0.2, 0.25) is 0 Å². The van der Waals surface area contributed by atoms with Gasteiger partial charge >= 0.3 is 0 Å². The van der Waals surface area contributed by atoms with E-state index >= 15 is 0 Å². The van der Waals surface area contributed by atoms with Gasteiger partial charge in [0, 0.05) is 31.8 Å². The molecular formula is C20H22N4O3. The molecule has 3 rings (SSSR count). The van der Waals surface area contributed by atoms with E-state index in [4.69, 9.17) is 4.74 Å². The van der Waals surface area contributed by atoms with Gasteiger partial charge in [-0.15, -0.1) is 0 Å². The molecule has 0 bridgehead atoms. The maximum absolute atomic E-state index is 13.3. The van der Waals surface area contributed by atoms with Crippen molar-refractivity contribution in [3.8, 4) is 0 Å². The Balaban J connectivity index is 2.05. The highest BCUT2D eigenvalue weighted by molar-refractivity contribution is 6.04. The maximum Gasteiger partial charge on any atom is 0.275 e. The molecule has 0 saturated carbocycles. The van der Waals surface area contributed by atoms with Crippen molar-refractivity contribution in [2.75, 3.05) is 20.3 Å². The lowest BCUT2D eigenvalue weighted by Gasteiger charge is -2.22. The second-order valence-corrected chi connectivity index (χ2v) is 6.06. The second-order valence-electron chi connectivity index (χ2n) is 6.06. The average molecular weight is 366 g/mol. The lowest BCUT2D eigenvalue weighted by molar-refractivity contribution is 0.0671. The number of rotatable bonds is 7. The number of aryl methyl sites for hydroxylation is 1. The van der Waals surface area contributed by atoms with Crippen molar-refractivity contribution in [3.63, 3.8) is 0 Å². The Morgan fingerprint density at radius 2 is 1.89 bits per heavy atom. The summed E-state index contributed by atoms with van der Waals surface area (Å²) in [6.07, 6.45) is 1.69. The monoisotopic (exact) mass is 366 g/mol. The minimum absolute atomic E-state index is 0.196. The van der Waals surface area contributed by atoms with Crippen LogP contribution in [0, 0.1) is 0 Å². The van der Waals surface area contributed by atoms with Gasteiger partial charge in [0.05, 0.1) is 24.2 Å². The average Bonchev–Trinajstić information content (AvgIpc) is 2.72. The summed E-state index contributed by atoms with van der Waals surface area (Å²) in [7, 11) is 1.59. The molecule has 7 heteroatoms. The first-order valence-corrected chi connectivity index (χ1v) is 8.83. The summed E-state index contributed by atoms with van der Waals surface area (Å²) in [4.78, 5) is 31.8. The second kappa shape index (κ2) is 8.55. The van der Waals surface area contributed by atoms with E-state index in [0.717, 1.165) is 5.69 Å². The van der Waals surface area contributed by atoms with Crippen molar-refractivity contribution < 1.29 is 9.53 Å². The van der Waals surface area contributed by atoms with Crippen molar-refractivity contribution in [2.24, 2.45) is 0 Å². The number of carbonyl (C=O) groups is 1. The van der Waals surface area contributed by atoms with Gasteiger partial charge < -0.3 is 9.64 Å². The first kappa shape index (κ1) is 18.7. The summed E-state index contributed by atoms with van der Waals surface area (Å²) in [6.45, 7) is 3.34. The van der Waals surface area contributed by atoms with Crippen LogP contribution in [0.5, 0.6) is 0 Å². The van der Waals surface area contributed by atoms with Gasteiger partial charge in [-0.05, 0) is 25.1 Å². The SMILES string of the molecule is CCn1nc(C(=O)N(CCOC)Cc2ccccn2)c2ccccc2c1=O. The molecule has 0 atom stereocenters. The Hall–Kier alpha value is -3.06. The van der Waals surface area contributed by atoms with E-state index in [1.807, 2.05) is 25.1 Å². The van der Waals surface area contributed by atoms with E-state index in [9.17, 15) is 9.59 Å². The number of pyridine rings is 1. The third-order valence-corrected chi connectivity index (χ3v) is 4.30. The van der Waals surface area contributed by atoms with Crippen LogP contribution in [0.2, 0.25) is 0 Å². The van der Waals surface area contributed by atoms with Crippen molar-refractivity contribution >= 4 is 16.7 Å². The Labute approximate surface area is 157 Å². The highest BCUT2D eigenvalue weighted by Gasteiger charge is 2.22. The van der Waals surface area contributed by atoms with Crippen molar-refractivity contribution in [3.05, 3.63) is 70.4 Å². The molecule has 3 aromatic rings. The topological polar surface area (TPSA) is 77.3 Å². The van der Waals surface area contributed by atoms with Gasteiger partial charge in [-0.2, -0.15) is 5.10 Å². The number of fused-ring (bicyclic) bond motifs is 1. The summed E-state index contributed by atoms with van der Waals surface area (Å²) >= 11 is 0. The number of carbonyl (C=O) groups excluding carboxylic acids is 1. The number of hydrogen-bond acceptors (Lipinski definition) is 5. The molecule has 1 aromatic carbocycles. The summed E-state index contributed by atoms with van der Waals surface area (Å²) in [6, 6.07) is 12.6. The molecule has 140 valence electrons. The zero-order valence-electron chi connectivity index (χ0n) is 15.5. The minimum atomic E-state index is -0.254. The summed E-state index contributed by atoms with van der Waals surface area (Å²) in [5.41, 5.74) is 0.840. The number of methoxy groups -OCH3 is 1. The number of amides is 1. The van der Waals surface area contributed by atoms with E-state index in [-0.39, 0.29) is 17.2 Å². The molecule has 0 radical (unpaired) electrons. The molecule has 27 heavy (non-hydrogen) atoms. The predicted octanol–water partition coefficient (Wildman–Crippen LogP) is 2.10. The first-order valence-electron chi connectivity index (χ1n) is 8.83. The Bertz CT molecular complexity index is 985. The fourth-order valence-corrected chi connectivity index (χ4v) is 2.90. The van der Waals surface area contributed by atoms with Gasteiger partial charge in [-0.3, -0.25) is 14.6 Å². The number of benzene rings is 1. The third kappa shape index (κ3) is 4.03. The molecular weight excluding hydrogens is 344 g/mol. The van der Waals surface area contributed by atoms with Gasteiger partial charge in [0.1, 0.15) is 0 Å². The number of hydrogen-bond donors (Lipinski definition) is 0. The van der Waals surface area contributed by atoms with E-state index in [1.165, 1.54) is 4.68 Å². The van der Waals surface area contributed by atoms with Gasteiger partial charge in [-0.25, -0.2) is 4.68 Å². The van der Waals surface area contributed by atoms with Crippen LogP contribution >= 0.6 is 0 Å². The molecule has 0 saturated heterocycles. The highest BCUT2D eigenvalue weighted by atomic mass is 16.5. The maximum atomic E-state index is 13.3. The van der Waals surface area contributed by atoms with Crippen LogP contribution in [0.25, 0.3) is 10.8 Å². The lowest BCUT2D eigenvalue weighted by Crippen LogP contribution is -2.36. The molecule has 7 nitrogen and oxygen atoms in total. The number of ether oxygens (including phenoxy) is 1. The zero-order valence-corrected chi connectivity index (χ0v) is 15.5.